The zero-order chi connectivity index (χ0) is 12.7. The number of esters is 1. The van der Waals surface area contributed by atoms with E-state index in [-0.39, 0.29) is 12.1 Å². The van der Waals surface area contributed by atoms with Crippen LogP contribution in [0.1, 0.15) is 26.7 Å². The molecule has 1 saturated heterocycles. The lowest BCUT2D eigenvalue weighted by Crippen LogP contribution is -2.48. The lowest BCUT2D eigenvalue weighted by Gasteiger charge is -2.28. The largest absolute Gasteiger partial charge is 0.465 e. The van der Waals surface area contributed by atoms with Crippen molar-refractivity contribution in [3.8, 4) is 0 Å². The van der Waals surface area contributed by atoms with Crippen molar-refractivity contribution in [1.29, 1.82) is 0 Å². The number of rotatable bonds is 8. The van der Waals surface area contributed by atoms with Crippen LogP contribution in [-0.2, 0) is 19.0 Å². The van der Waals surface area contributed by atoms with E-state index in [0.29, 0.717) is 32.8 Å². The first-order valence-corrected chi connectivity index (χ1v) is 6.18. The average molecular weight is 245 g/mol. The second kappa shape index (κ2) is 6.93. The molecule has 0 aromatic rings. The summed E-state index contributed by atoms with van der Waals surface area (Å²) in [6, 6.07) is 0. The first-order valence-electron chi connectivity index (χ1n) is 6.18. The molecular formula is C12H23NO4. The average Bonchev–Trinajstić information content (AvgIpc) is 2.26. The number of hydrogen-bond acceptors (Lipinski definition) is 5. The molecule has 0 amide bonds. The van der Waals surface area contributed by atoms with E-state index in [0.717, 1.165) is 6.42 Å². The molecule has 1 aliphatic rings. The Morgan fingerprint density at radius 1 is 1.53 bits per heavy atom. The maximum absolute atomic E-state index is 11.7. The Morgan fingerprint density at radius 2 is 2.24 bits per heavy atom. The molecule has 1 fully saturated rings. The molecule has 1 heterocycles. The fraction of sp³-hybridized carbons (Fsp3) is 0.917. The Morgan fingerprint density at radius 3 is 2.71 bits per heavy atom. The SMILES string of the molecule is CCOC(=O)C(C)(CCCOC1COC1)NC. The summed E-state index contributed by atoms with van der Waals surface area (Å²) < 4.78 is 15.6. The van der Waals surface area contributed by atoms with Gasteiger partial charge in [0, 0.05) is 6.61 Å². The van der Waals surface area contributed by atoms with Crippen LogP contribution in [0.3, 0.4) is 0 Å². The van der Waals surface area contributed by atoms with E-state index in [1.54, 1.807) is 7.05 Å². The second-order valence-electron chi connectivity index (χ2n) is 4.44. The summed E-state index contributed by atoms with van der Waals surface area (Å²) in [7, 11) is 1.78. The molecule has 1 atom stereocenters. The summed E-state index contributed by atoms with van der Waals surface area (Å²) >= 11 is 0. The Labute approximate surface area is 103 Å². The van der Waals surface area contributed by atoms with E-state index in [1.165, 1.54) is 0 Å². The molecule has 0 spiro atoms. The van der Waals surface area contributed by atoms with Crippen molar-refractivity contribution in [3.05, 3.63) is 0 Å². The van der Waals surface area contributed by atoms with Crippen molar-refractivity contribution >= 4 is 5.97 Å². The van der Waals surface area contributed by atoms with Gasteiger partial charge >= 0.3 is 5.97 Å². The quantitative estimate of drug-likeness (QED) is 0.504. The first kappa shape index (κ1) is 14.4. The summed E-state index contributed by atoms with van der Waals surface area (Å²) in [5, 5.41) is 3.02. The third-order valence-electron chi connectivity index (χ3n) is 3.06. The summed E-state index contributed by atoms with van der Waals surface area (Å²) in [5.74, 6) is -0.200. The molecular weight excluding hydrogens is 222 g/mol. The van der Waals surface area contributed by atoms with Gasteiger partial charge in [-0.2, -0.15) is 0 Å². The van der Waals surface area contributed by atoms with Gasteiger partial charge in [0.25, 0.3) is 0 Å². The highest BCUT2D eigenvalue weighted by atomic mass is 16.6. The fourth-order valence-corrected chi connectivity index (χ4v) is 1.61. The third kappa shape index (κ3) is 4.26. The zero-order valence-electron chi connectivity index (χ0n) is 11.0. The number of hydrogen-bond donors (Lipinski definition) is 1. The summed E-state index contributed by atoms with van der Waals surface area (Å²) in [6.07, 6.45) is 1.78. The molecule has 0 aliphatic carbocycles. The summed E-state index contributed by atoms with van der Waals surface area (Å²) in [6.45, 7) is 6.13. The van der Waals surface area contributed by atoms with E-state index in [9.17, 15) is 4.79 Å². The first-order chi connectivity index (χ1) is 8.12. The normalized spacial score (nSPS) is 19.5. The van der Waals surface area contributed by atoms with Gasteiger partial charge in [-0.1, -0.05) is 0 Å². The number of nitrogens with one attached hydrogen (secondary N) is 1. The number of carbonyl (C=O) groups excluding carboxylic acids is 1. The van der Waals surface area contributed by atoms with Crippen LogP contribution in [0.2, 0.25) is 0 Å². The molecule has 0 aromatic carbocycles. The molecule has 0 bridgehead atoms. The van der Waals surface area contributed by atoms with Gasteiger partial charge in [-0.3, -0.25) is 4.79 Å². The standard InChI is InChI=1S/C12H23NO4/c1-4-16-11(14)12(2,13-3)6-5-7-17-10-8-15-9-10/h10,13H,4-9H2,1-3H3. The van der Waals surface area contributed by atoms with Crippen LogP contribution < -0.4 is 5.32 Å². The van der Waals surface area contributed by atoms with Gasteiger partial charge in [-0.15, -0.1) is 0 Å². The van der Waals surface area contributed by atoms with Crippen molar-refractivity contribution in [2.45, 2.75) is 38.3 Å². The van der Waals surface area contributed by atoms with Crippen molar-refractivity contribution < 1.29 is 19.0 Å². The van der Waals surface area contributed by atoms with Crippen LogP contribution >= 0.6 is 0 Å². The van der Waals surface area contributed by atoms with E-state index in [2.05, 4.69) is 5.32 Å². The highest BCUT2D eigenvalue weighted by Crippen LogP contribution is 2.15. The van der Waals surface area contributed by atoms with Crippen LogP contribution in [-0.4, -0.2) is 51.1 Å². The topological polar surface area (TPSA) is 56.8 Å². The third-order valence-corrected chi connectivity index (χ3v) is 3.06. The van der Waals surface area contributed by atoms with E-state index in [1.807, 2.05) is 13.8 Å². The molecule has 0 radical (unpaired) electrons. The van der Waals surface area contributed by atoms with Crippen LogP contribution in [0, 0.1) is 0 Å². The number of likely N-dealkylation sites (N-methyl/N-ethyl adjacent to an activating group) is 1. The summed E-state index contributed by atoms with van der Waals surface area (Å²) in [5.41, 5.74) is -0.616. The van der Waals surface area contributed by atoms with Gasteiger partial charge in [0.2, 0.25) is 0 Å². The second-order valence-corrected chi connectivity index (χ2v) is 4.44. The van der Waals surface area contributed by atoms with Crippen LogP contribution in [0.5, 0.6) is 0 Å². The smallest absolute Gasteiger partial charge is 0.326 e. The zero-order valence-corrected chi connectivity index (χ0v) is 11.0. The van der Waals surface area contributed by atoms with Crippen molar-refractivity contribution in [2.75, 3.05) is 33.5 Å². The lowest BCUT2D eigenvalue weighted by molar-refractivity contribution is -0.151. The Balaban J connectivity index is 2.21. The Kier molecular flexibility index (Phi) is 5.88. The van der Waals surface area contributed by atoms with Crippen molar-refractivity contribution in [2.24, 2.45) is 0 Å². The minimum absolute atomic E-state index is 0.200. The highest BCUT2D eigenvalue weighted by molar-refractivity contribution is 5.80. The summed E-state index contributed by atoms with van der Waals surface area (Å²) in [4.78, 5) is 11.7. The van der Waals surface area contributed by atoms with Gasteiger partial charge < -0.3 is 19.5 Å². The number of ether oxygens (including phenoxy) is 3. The maximum Gasteiger partial charge on any atom is 0.326 e. The monoisotopic (exact) mass is 245 g/mol. The minimum Gasteiger partial charge on any atom is -0.465 e. The van der Waals surface area contributed by atoms with Crippen LogP contribution in [0.15, 0.2) is 0 Å². The molecule has 17 heavy (non-hydrogen) atoms. The highest BCUT2D eigenvalue weighted by Gasteiger charge is 2.32. The molecule has 5 heteroatoms. The molecule has 1 N–H and O–H groups in total. The Hall–Kier alpha value is -0.650. The number of carbonyl (C=O) groups is 1. The molecule has 1 aliphatic heterocycles. The predicted octanol–water partition coefficient (Wildman–Crippen LogP) is 0.723. The fourth-order valence-electron chi connectivity index (χ4n) is 1.61. The molecule has 100 valence electrons. The van der Waals surface area contributed by atoms with Crippen molar-refractivity contribution in [1.82, 2.24) is 5.32 Å². The van der Waals surface area contributed by atoms with Crippen LogP contribution in [0.4, 0.5) is 0 Å². The van der Waals surface area contributed by atoms with E-state index in [4.69, 9.17) is 14.2 Å². The maximum atomic E-state index is 11.7. The Bertz CT molecular complexity index is 243. The van der Waals surface area contributed by atoms with Gasteiger partial charge in [-0.25, -0.2) is 0 Å². The molecule has 1 unspecified atom stereocenters. The van der Waals surface area contributed by atoms with E-state index >= 15 is 0 Å². The predicted molar refractivity (Wildman–Crippen MR) is 63.9 cm³/mol. The van der Waals surface area contributed by atoms with E-state index < -0.39 is 5.54 Å². The molecule has 1 rings (SSSR count). The van der Waals surface area contributed by atoms with Crippen molar-refractivity contribution in [3.63, 3.8) is 0 Å². The molecule has 0 saturated carbocycles. The molecule has 0 aromatic heterocycles. The lowest BCUT2D eigenvalue weighted by atomic mass is 9.96. The van der Waals surface area contributed by atoms with Gasteiger partial charge in [-0.05, 0) is 33.7 Å². The molecule has 5 nitrogen and oxygen atoms in total. The minimum atomic E-state index is -0.616. The van der Waals surface area contributed by atoms with Gasteiger partial charge in [0.05, 0.1) is 19.8 Å². The van der Waals surface area contributed by atoms with Gasteiger partial charge in [0.1, 0.15) is 11.6 Å². The van der Waals surface area contributed by atoms with Crippen LogP contribution in [0.25, 0.3) is 0 Å². The van der Waals surface area contributed by atoms with Gasteiger partial charge in [0.15, 0.2) is 0 Å².